The molecule has 0 unspecified atom stereocenters. The summed E-state index contributed by atoms with van der Waals surface area (Å²) in [5.74, 6) is 0. The molecule has 15 heavy (non-hydrogen) atoms. The van der Waals surface area contributed by atoms with Crippen molar-refractivity contribution in [2.45, 2.75) is 37.4 Å². The quantitative estimate of drug-likeness (QED) is 0.553. The molecule has 0 saturated heterocycles. The third-order valence-corrected chi connectivity index (χ3v) is 3.57. The van der Waals surface area contributed by atoms with Crippen molar-refractivity contribution in [2.75, 3.05) is 14.1 Å². The number of carbonyl (C=O) groups is 1. The van der Waals surface area contributed by atoms with Crippen LogP contribution in [0.5, 0.6) is 0 Å². The van der Waals surface area contributed by atoms with Crippen LogP contribution in [0.4, 0.5) is 4.79 Å². The zero-order valence-corrected chi connectivity index (χ0v) is 10.2. The third-order valence-electron chi connectivity index (χ3n) is 2.43. The minimum Gasteiger partial charge on any atom is -0.378 e. The maximum atomic E-state index is 11.2. The molecule has 4 nitrogen and oxygen atoms in total. The van der Waals surface area contributed by atoms with Crippen molar-refractivity contribution < 1.29 is 4.79 Å². The summed E-state index contributed by atoms with van der Waals surface area (Å²) < 4.78 is 0. The molecule has 0 spiro atoms. The van der Waals surface area contributed by atoms with Gasteiger partial charge in [0.05, 0.1) is 0 Å². The maximum absolute atomic E-state index is 11.2. The van der Waals surface area contributed by atoms with Crippen molar-refractivity contribution in [3.05, 3.63) is 0 Å². The van der Waals surface area contributed by atoms with E-state index in [0.717, 1.165) is 0 Å². The monoisotopic (exact) mass is 229 g/mol. The normalized spacial score (nSPS) is 18.9. The average molecular weight is 229 g/mol. The first-order chi connectivity index (χ1) is 7.09. The van der Waals surface area contributed by atoms with Crippen LogP contribution < -0.4 is 5.73 Å². The van der Waals surface area contributed by atoms with E-state index in [-0.39, 0.29) is 6.03 Å². The largest absolute Gasteiger partial charge is 0.378 e. The fourth-order valence-corrected chi connectivity index (χ4v) is 2.62. The SMILES string of the molecule is CN(C)C(=O)N=C(N)SC1CCCCC1. The highest BCUT2D eigenvalue weighted by molar-refractivity contribution is 8.14. The van der Waals surface area contributed by atoms with Gasteiger partial charge in [0.25, 0.3) is 0 Å². The Kier molecular flexibility index (Phi) is 4.94. The number of amidine groups is 1. The number of nitrogens with two attached hydrogens (primary N) is 1. The van der Waals surface area contributed by atoms with Gasteiger partial charge in [0.15, 0.2) is 5.17 Å². The van der Waals surface area contributed by atoms with Crippen molar-refractivity contribution in [1.82, 2.24) is 4.90 Å². The first-order valence-electron chi connectivity index (χ1n) is 5.31. The molecule has 2 N–H and O–H groups in total. The van der Waals surface area contributed by atoms with Gasteiger partial charge in [-0.2, -0.15) is 4.99 Å². The molecule has 86 valence electrons. The van der Waals surface area contributed by atoms with E-state index in [1.165, 1.54) is 37.0 Å². The summed E-state index contributed by atoms with van der Waals surface area (Å²) in [5, 5.41) is 0.957. The van der Waals surface area contributed by atoms with Crippen LogP contribution in [-0.2, 0) is 0 Å². The third kappa shape index (κ3) is 4.55. The van der Waals surface area contributed by atoms with Gasteiger partial charge in [0.1, 0.15) is 0 Å². The van der Waals surface area contributed by atoms with Crippen molar-refractivity contribution >= 4 is 23.0 Å². The molecule has 2 amide bonds. The van der Waals surface area contributed by atoms with Gasteiger partial charge in [0.2, 0.25) is 0 Å². The second-order valence-corrected chi connectivity index (χ2v) is 5.33. The molecule has 1 aliphatic rings. The molecule has 1 saturated carbocycles. The second-order valence-electron chi connectivity index (χ2n) is 4.00. The Hall–Kier alpha value is -0.710. The minimum atomic E-state index is -0.282. The predicted octanol–water partition coefficient (Wildman–Crippen LogP) is 2.05. The lowest BCUT2D eigenvalue weighted by atomic mass is 10.0. The smallest absolute Gasteiger partial charge is 0.345 e. The molecule has 1 rings (SSSR count). The maximum Gasteiger partial charge on any atom is 0.345 e. The van der Waals surface area contributed by atoms with Crippen LogP contribution in [0, 0.1) is 0 Å². The fraction of sp³-hybridized carbons (Fsp3) is 0.800. The van der Waals surface area contributed by atoms with E-state index in [9.17, 15) is 4.79 Å². The molecule has 0 aromatic rings. The number of rotatable bonds is 1. The van der Waals surface area contributed by atoms with Gasteiger partial charge in [-0.25, -0.2) is 4.79 Å². The molecule has 0 aromatic heterocycles. The molecule has 0 radical (unpaired) electrons. The van der Waals surface area contributed by atoms with E-state index in [1.54, 1.807) is 25.9 Å². The Morgan fingerprint density at radius 1 is 1.33 bits per heavy atom. The van der Waals surface area contributed by atoms with Crippen molar-refractivity contribution in [3.8, 4) is 0 Å². The summed E-state index contributed by atoms with van der Waals surface area (Å²) in [6, 6.07) is -0.282. The highest BCUT2D eigenvalue weighted by atomic mass is 32.2. The molecule has 1 aliphatic carbocycles. The highest BCUT2D eigenvalue weighted by Crippen LogP contribution is 2.28. The minimum absolute atomic E-state index is 0.282. The number of aliphatic imine (C=N–C) groups is 1. The summed E-state index contributed by atoms with van der Waals surface area (Å²) in [4.78, 5) is 16.5. The number of nitrogens with zero attached hydrogens (tertiary/aromatic N) is 2. The van der Waals surface area contributed by atoms with E-state index in [0.29, 0.717) is 10.4 Å². The molecule has 0 atom stereocenters. The average Bonchev–Trinajstić information content (AvgIpc) is 2.18. The van der Waals surface area contributed by atoms with Gasteiger partial charge in [-0.3, -0.25) is 0 Å². The van der Waals surface area contributed by atoms with Crippen molar-refractivity contribution in [2.24, 2.45) is 10.7 Å². The molecule has 1 fully saturated rings. The Morgan fingerprint density at radius 2 is 1.93 bits per heavy atom. The van der Waals surface area contributed by atoms with Crippen LogP contribution in [0.3, 0.4) is 0 Å². The number of hydrogen-bond donors (Lipinski definition) is 1. The lowest BCUT2D eigenvalue weighted by Crippen LogP contribution is -2.23. The van der Waals surface area contributed by atoms with Crippen LogP contribution in [-0.4, -0.2) is 35.4 Å². The highest BCUT2D eigenvalue weighted by Gasteiger charge is 2.16. The number of amides is 2. The summed E-state index contributed by atoms with van der Waals surface area (Å²) in [7, 11) is 3.34. The van der Waals surface area contributed by atoms with Crippen molar-refractivity contribution in [1.29, 1.82) is 0 Å². The molecule has 0 bridgehead atoms. The Balaban J connectivity index is 2.39. The van der Waals surface area contributed by atoms with Crippen LogP contribution >= 0.6 is 11.8 Å². The van der Waals surface area contributed by atoms with Gasteiger partial charge in [-0.1, -0.05) is 31.0 Å². The summed E-state index contributed by atoms with van der Waals surface area (Å²) in [6.07, 6.45) is 6.25. The Labute approximate surface area is 95.3 Å². The molecule has 0 aliphatic heterocycles. The molecular formula is C10H19N3OS. The molecular weight excluding hydrogens is 210 g/mol. The van der Waals surface area contributed by atoms with E-state index < -0.39 is 0 Å². The summed E-state index contributed by atoms with van der Waals surface area (Å²) in [6.45, 7) is 0. The fourth-order valence-electron chi connectivity index (χ4n) is 1.57. The number of thioether (sulfide) groups is 1. The zero-order chi connectivity index (χ0) is 11.3. The Bertz CT molecular complexity index is 247. The predicted molar refractivity (Wildman–Crippen MR) is 65.2 cm³/mol. The molecule has 5 heteroatoms. The number of urea groups is 1. The van der Waals surface area contributed by atoms with Crippen LogP contribution in [0.1, 0.15) is 32.1 Å². The molecule has 0 heterocycles. The summed E-state index contributed by atoms with van der Waals surface area (Å²) in [5.41, 5.74) is 5.71. The van der Waals surface area contributed by atoms with Gasteiger partial charge in [0, 0.05) is 19.3 Å². The second kappa shape index (κ2) is 6.00. The standard InChI is InChI=1S/C10H19N3OS/c1-13(2)10(14)12-9(11)15-8-6-4-3-5-7-8/h8H,3-7H2,1-2H3,(H2,11,12,14). The lowest BCUT2D eigenvalue weighted by Gasteiger charge is -2.20. The van der Waals surface area contributed by atoms with Crippen molar-refractivity contribution in [3.63, 3.8) is 0 Å². The van der Waals surface area contributed by atoms with E-state index in [1.807, 2.05) is 0 Å². The summed E-state index contributed by atoms with van der Waals surface area (Å²) >= 11 is 1.55. The number of carbonyl (C=O) groups excluding carboxylic acids is 1. The van der Waals surface area contributed by atoms with E-state index >= 15 is 0 Å². The van der Waals surface area contributed by atoms with Gasteiger partial charge >= 0.3 is 6.03 Å². The zero-order valence-electron chi connectivity index (χ0n) is 9.40. The van der Waals surface area contributed by atoms with E-state index in [2.05, 4.69) is 4.99 Å². The first-order valence-corrected chi connectivity index (χ1v) is 6.19. The topological polar surface area (TPSA) is 58.7 Å². The molecule has 0 aromatic carbocycles. The van der Waals surface area contributed by atoms with Gasteiger partial charge in [-0.15, -0.1) is 0 Å². The van der Waals surface area contributed by atoms with E-state index in [4.69, 9.17) is 5.73 Å². The first kappa shape index (κ1) is 12.4. The van der Waals surface area contributed by atoms with Crippen LogP contribution in [0.2, 0.25) is 0 Å². The Morgan fingerprint density at radius 3 is 2.47 bits per heavy atom. The lowest BCUT2D eigenvalue weighted by molar-refractivity contribution is 0.227. The van der Waals surface area contributed by atoms with Gasteiger partial charge < -0.3 is 10.6 Å². The van der Waals surface area contributed by atoms with Crippen LogP contribution in [0.25, 0.3) is 0 Å². The number of hydrogen-bond acceptors (Lipinski definition) is 2. The van der Waals surface area contributed by atoms with Crippen LogP contribution in [0.15, 0.2) is 4.99 Å². The van der Waals surface area contributed by atoms with Gasteiger partial charge in [-0.05, 0) is 12.8 Å².